The van der Waals surface area contributed by atoms with Gasteiger partial charge in [-0.1, -0.05) is 6.92 Å². The number of sulfonamides is 1. The summed E-state index contributed by atoms with van der Waals surface area (Å²) in [5, 5.41) is 0. The largest absolute Gasteiger partial charge is 0.497 e. The number of hydrogen-bond acceptors (Lipinski definition) is 7. The minimum absolute atomic E-state index is 0.0765. The van der Waals surface area contributed by atoms with Gasteiger partial charge in [0.15, 0.2) is 0 Å². The molecular weight excluding hydrogens is 528 g/mol. The average Bonchev–Trinajstić information content (AvgIpc) is 2.87. The van der Waals surface area contributed by atoms with E-state index in [4.69, 9.17) is 4.74 Å². The van der Waals surface area contributed by atoms with Gasteiger partial charge < -0.3 is 19.4 Å². The van der Waals surface area contributed by atoms with Gasteiger partial charge in [-0.15, -0.1) is 0 Å². The highest BCUT2D eigenvalue weighted by atomic mass is 32.2. The number of methoxy groups -OCH3 is 1. The number of aryl methyl sites for hydroxylation is 2. The van der Waals surface area contributed by atoms with E-state index in [9.17, 15) is 18.0 Å². The molecule has 0 radical (unpaired) electrons. The summed E-state index contributed by atoms with van der Waals surface area (Å²) >= 11 is 0. The molecule has 2 rings (SSSR count). The van der Waals surface area contributed by atoms with E-state index >= 15 is 0 Å². The minimum Gasteiger partial charge on any atom is -0.497 e. The van der Waals surface area contributed by atoms with Gasteiger partial charge in [0.2, 0.25) is 15.9 Å². The number of benzene rings is 1. The van der Waals surface area contributed by atoms with E-state index in [0.29, 0.717) is 35.6 Å². The number of carbonyl (C=O) groups excluding carboxylic acids is 2. The van der Waals surface area contributed by atoms with Gasteiger partial charge in [0.1, 0.15) is 11.5 Å². The lowest BCUT2D eigenvalue weighted by Gasteiger charge is -2.36. The highest BCUT2D eigenvalue weighted by Crippen LogP contribution is 2.28. The molecule has 1 saturated carbocycles. The van der Waals surface area contributed by atoms with Crippen LogP contribution in [0.25, 0.3) is 0 Å². The molecule has 40 heavy (non-hydrogen) atoms. The Kier molecular flexibility index (Phi) is 15.4. The first kappa shape index (κ1) is 36.0. The number of ketones is 1. The molecule has 1 aliphatic rings. The zero-order valence-corrected chi connectivity index (χ0v) is 27.4. The fourth-order valence-corrected chi connectivity index (χ4v) is 6.66. The number of likely N-dealkylation sites (N-methyl/N-ethyl adjacent to an activating group) is 3. The molecule has 1 aliphatic carbocycles. The molecule has 10 heteroatoms. The molecule has 9 nitrogen and oxygen atoms in total. The lowest BCUT2D eigenvalue weighted by atomic mass is 9.85. The Labute approximate surface area is 243 Å². The van der Waals surface area contributed by atoms with Crippen molar-refractivity contribution in [3.8, 4) is 5.75 Å². The summed E-state index contributed by atoms with van der Waals surface area (Å²) in [5.74, 6) is 1.43. The van der Waals surface area contributed by atoms with E-state index in [1.807, 2.05) is 18.9 Å². The summed E-state index contributed by atoms with van der Waals surface area (Å²) in [5.41, 5.74) is 1.23. The molecule has 0 bridgehead atoms. The van der Waals surface area contributed by atoms with Crippen LogP contribution in [0.15, 0.2) is 17.0 Å². The second-order valence-corrected chi connectivity index (χ2v) is 13.5. The van der Waals surface area contributed by atoms with Crippen molar-refractivity contribution in [3.05, 3.63) is 23.3 Å². The highest BCUT2D eigenvalue weighted by molar-refractivity contribution is 7.89. The van der Waals surface area contributed by atoms with Crippen LogP contribution in [-0.2, 0) is 19.6 Å². The fraction of sp³-hybridized carbons (Fsp3) is 0.733. The number of carbonyl (C=O) groups is 2. The Balaban J connectivity index is 0.000000402. The fourth-order valence-electron chi connectivity index (χ4n) is 5.11. The monoisotopic (exact) mass is 582 g/mol. The van der Waals surface area contributed by atoms with Crippen molar-refractivity contribution in [1.29, 1.82) is 0 Å². The van der Waals surface area contributed by atoms with Crippen molar-refractivity contribution in [2.75, 3.05) is 68.5 Å². The number of ether oxygens (including phenoxy) is 1. The third kappa shape index (κ3) is 11.5. The predicted molar refractivity (Wildman–Crippen MR) is 162 cm³/mol. The Morgan fingerprint density at radius 2 is 1.50 bits per heavy atom. The second-order valence-electron chi connectivity index (χ2n) is 11.5. The molecule has 0 N–H and O–H groups in total. The van der Waals surface area contributed by atoms with Crippen LogP contribution < -0.4 is 4.74 Å². The molecule has 0 aliphatic heterocycles. The van der Waals surface area contributed by atoms with E-state index in [1.54, 1.807) is 32.9 Å². The Morgan fingerprint density at radius 1 is 0.950 bits per heavy atom. The molecule has 1 aromatic rings. The Hall–Kier alpha value is -2.01. The maximum absolute atomic E-state index is 12.6. The van der Waals surface area contributed by atoms with E-state index in [2.05, 4.69) is 30.9 Å². The first-order chi connectivity index (χ1) is 18.6. The summed E-state index contributed by atoms with van der Waals surface area (Å²) in [4.78, 5) is 29.8. The van der Waals surface area contributed by atoms with E-state index in [1.165, 1.54) is 39.8 Å². The standard InChI is InChI=1S/C15H31N3O.C15H23NO4S/c1-13(19)18(5)12-14-6-8-15(9-7-14)17(4)11-10-16(2)3;1-6-7-13(17)10-16(4)21(18,19)15-11(2)8-14(20-5)9-12(15)3/h14-15H,6-12H2,1-5H3;8-9H,6-7,10H2,1-5H3. The van der Waals surface area contributed by atoms with Crippen LogP contribution in [0.4, 0.5) is 0 Å². The van der Waals surface area contributed by atoms with E-state index in [-0.39, 0.29) is 23.1 Å². The van der Waals surface area contributed by atoms with Crippen molar-refractivity contribution < 1.29 is 22.7 Å². The molecule has 230 valence electrons. The number of amides is 1. The van der Waals surface area contributed by atoms with Gasteiger partial charge in [-0.2, -0.15) is 4.31 Å². The lowest BCUT2D eigenvalue weighted by Crippen LogP contribution is -2.40. The smallest absolute Gasteiger partial charge is 0.243 e. The zero-order valence-electron chi connectivity index (χ0n) is 26.6. The van der Waals surface area contributed by atoms with Gasteiger partial charge in [-0.3, -0.25) is 9.59 Å². The lowest BCUT2D eigenvalue weighted by molar-refractivity contribution is -0.128. The van der Waals surface area contributed by atoms with Gasteiger partial charge in [-0.25, -0.2) is 8.42 Å². The molecular formula is C30H54N4O5S. The second kappa shape index (κ2) is 17.1. The van der Waals surface area contributed by atoms with Crippen molar-refractivity contribution >= 4 is 21.7 Å². The molecule has 0 saturated heterocycles. The first-order valence-corrected chi connectivity index (χ1v) is 15.8. The number of hydrogen-bond donors (Lipinski definition) is 0. The molecule has 0 unspecified atom stereocenters. The normalized spacial score (nSPS) is 17.5. The van der Waals surface area contributed by atoms with Crippen LogP contribution >= 0.6 is 0 Å². The van der Waals surface area contributed by atoms with Gasteiger partial charge >= 0.3 is 0 Å². The van der Waals surface area contributed by atoms with E-state index < -0.39 is 10.0 Å². The molecule has 1 aromatic carbocycles. The third-order valence-electron chi connectivity index (χ3n) is 7.67. The van der Waals surface area contributed by atoms with Crippen molar-refractivity contribution in [2.45, 2.75) is 77.2 Å². The predicted octanol–water partition coefficient (Wildman–Crippen LogP) is 3.82. The van der Waals surface area contributed by atoms with Crippen LogP contribution in [0.2, 0.25) is 0 Å². The van der Waals surface area contributed by atoms with E-state index in [0.717, 1.165) is 30.0 Å². The van der Waals surface area contributed by atoms with Crippen molar-refractivity contribution in [1.82, 2.24) is 19.0 Å². The van der Waals surface area contributed by atoms with Gasteiger partial charge in [0, 0.05) is 53.1 Å². The minimum atomic E-state index is -3.68. The maximum Gasteiger partial charge on any atom is 0.243 e. The van der Waals surface area contributed by atoms with Gasteiger partial charge in [0.25, 0.3) is 0 Å². The number of rotatable bonds is 13. The quantitative estimate of drug-likeness (QED) is 0.349. The van der Waals surface area contributed by atoms with Crippen LogP contribution in [0, 0.1) is 19.8 Å². The average molecular weight is 583 g/mol. The molecule has 1 fully saturated rings. The summed E-state index contributed by atoms with van der Waals surface area (Å²) < 4.78 is 31.5. The summed E-state index contributed by atoms with van der Waals surface area (Å²) in [6.45, 7) is 10.1. The molecule has 0 heterocycles. The third-order valence-corrected chi connectivity index (χ3v) is 9.78. The van der Waals surface area contributed by atoms with Crippen molar-refractivity contribution in [2.24, 2.45) is 5.92 Å². The number of Topliss-reactive ketones (excluding diaryl/α,β-unsaturated/α-hetero) is 1. The molecule has 0 aromatic heterocycles. The number of nitrogens with zero attached hydrogens (tertiary/aromatic N) is 4. The van der Waals surface area contributed by atoms with Crippen LogP contribution in [0.3, 0.4) is 0 Å². The summed E-state index contributed by atoms with van der Waals surface area (Å²) in [6.07, 6.45) is 6.18. The summed E-state index contributed by atoms with van der Waals surface area (Å²) in [6, 6.07) is 4.10. The zero-order chi connectivity index (χ0) is 30.6. The van der Waals surface area contributed by atoms with Crippen LogP contribution in [0.1, 0.15) is 63.5 Å². The van der Waals surface area contributed by atoms with Crippen LogP contribution in [0.5, 0.6) is 5.75 Å². The Bertz CT molecular complexity index is 1030. The van der Waals surface area contributed by atoms with Gasteiger partial charge in [-0.05, 0) is 96.3 Å². The SMILES string of the molecule is CC(=O)N(C)CC1CCC(N(C)CCN(C)C)CC1.CCCC(=O)CN(C)S(=O)(=O)c1c(C)cc(OC)cc1C. The summed E-state index contributed by atoms with van der Waals surface area (Å²) in [7, 11) is 7.71. The molecule has 0 atom stereocenters. The highest BCUT2D eigenvalue weighted by Gasteiger charge is 2.27. The maximum atomic E-state index is 12.6. The van der Waals surface area contributed by atoms with Crippen LogP contribution in [-0.4, -0.2) is 114 Å². The van der Waals surface area contributed by atoms with Gasteiger partial charge in [0.05, 0.1) is 18.6 Å². The molecule has 0 spiro atoms. The topological polar surface area (TPSA) is 90.5 Å². The first-order valence-electron chi connectivity index (χ1n) is 14.3. The van der Waals surface area contributed by atoms with Crippen molar-refractivity contribution in [3.63, 3.8) is 0 Å². The Morgan fingerprint density at radius 3 is 1.95 bits per heavy atom. The molecule has 1 amide bonds.